The summed E-state index contributed by atoms with van der Waals surface area (Å²) in [7, 11) is 0. The molecule has 0 radical (unpaired) electrons. The van der Waals surface area contributed by atoms with Crippen LogP contribution in [0.2, 0.25) is 0 Å². The van der Waals surface area contributed by atoms with Gasteiger partial charge < -0.3 is 0 Å². The zero-order valence-electron chi connectivity index (χ0n) is 12.2. The van der Waals surface area contributed by atoms with Crippen molar-refractivity contribution in [2.75, 3.05) is 0 Å². The molecular formula is C17H14BrFN2O. The van der Waals surface area contributed by atoms with Crippen LogP contribution in [-0.4, -0.2) is 15.9 Å². The van der Waals surface area contributed by atoms with Gasteiger partial charge in [-0.3, -0.25) is 4.79 Å². The highest BCUT2D eigenvalue weighted by atomic mass is 79.9. The van der Waals surface area contributed by atoms with Crippen LogP contribution >= 0.6 is 15.9 Å². The summed E-state index contributed by atoms with van der Waals surface area (Å²) < 4.78 is 16.6. The lowest BCUT2D eigenvalue weighted by Gasteiger charge is -2.07. The van der Waals surface area contributed by atoms with Crippen molar-refractivity contribution in [1.82, 2.24) is 9.61 Å². The van der Waals surface area contributed by atoms with E-state index in [1.165, 1.54) is 6.07 Å². The van der Waals surface area contributed by atoms with Crippen LogP contribution in [0.4, 0.5) is 4.39 Å². The molecule has 0 aliphatic carbocycles. The number of rotatable bonds is 3. The first kappa shape index (κ1) is 14.9. The molecule has 3 nitrogen and oxygen atoms in total. The molecule has 2 heterocycles. The number of aryl methyl sites for hydroxylation is 2. The fraction of sp³-hybridized carbons (Fsp3) is 0.176. The summed E-state index contributed by atoms with van der Waals surface area (Å²) in [6.07, 6.45) is 1.59. The molecule has 0 aliphatic heterocycles. The number of benzene rings is 1. The molecule has 112 valence electrons. The number of hydrogen-bond donors (Lipinski definition) is 0. The minimum absolute atomic E-state index is 0.330. The molecule has 5 heteroatoms. The molecule has 0 bridgehead atoms. The van der Waals surface area contributed by atoms with E-state index in [0.717, 1.165) is 29.5 Å². The van der Waals surface area contributed by atoms with Gasteiger partial charge in [0.2, 0.25) is 0 Å². The van der Waals surface area contributed by atoms with E-state index in [4.69, 9.17) is 0 Å². The zero-order valence-corrected chi connectivity index (χ0v) is 13.8. The monoisotopic (exact) mass is 360 g/mol. The number of aromatic nitrogens is 2. The van der Waals surface area contributed by atoms with E-state index in [1.807, 2.05) is 26.0 Å². The summed E-state index contributed by atoms with van der Waals surface area (Å²) in [5.41, 5.74) is 4.26. The van der Waals surface area contributed by atoms with Crippen molar-refractivity contribution < 1.29 is 9.18 Å². The molecule has 0 unspecified atom stereocenters. The van der Waals surface area contributed by atoms with Crippen LogP contribution in [0.25, 0.3) is 16.8 Å². The zero-order chi connectivity index (χ0) is 15.9. The van der Waals surface area contributed by atoms with E-state index in [2.05, 4.69) is 21.0 Å². The molecule has 0 fully saturated rings. The van der Waals surface area contributed by atoms with Crippen LogP contribution in [-0.2, 0) is 6.42 Å². The van der Waals surface area contributed by atoms with Crippen LogP contribution in [0, 0.1) is 12.7 Å². The molecule has 3 rings (SSSR count). The molecule has 1 aromatic carbocycles. The first-order valence-corrected chi connectivity index (χ1v) is 7.77. The first-order valence-electron chi connectivity index (χ1n) is 6.98. The van der Waals surface area contributed by atoms with E-state index >= 15 is 0 Å². The Kier molecular flexibility index (Phi) is 3.83. The highest BCUT2D eigenvalue weighted by Gasteiger charge is 2.14. The van der Waals surface area contributed by atoms with Gasteiger partial charge in [0, 0.05) is 21.3 Å². The second-order valence-corrected chi connectivity index (χ2v) is 6.05. The van der Waals surface area contributed by atoms with Crippen molar-refractivity contribution in [3.63, 3.8) is 0 Å². The number of hydrogen-bond acceptors (Lipinski definition) is 2. The standard InChI is InChI=1S/C17H14BrFN2O/c1-3-13-6-11(9-22)10(2)17-8-16(20-21(13)17)14-5-4-12(18)7-15(14)19/h4-9H,3H2,1-2H3. The van der Waals surface area contributed by atoms with E-state index in [1.54, 1.807) is 16.6 Å². The highest BCUT2D eigenvalue weighted by Crippen LogP contribution is 2.28. The number of carbonyl (C=O) groups excluding carboxylic acids is 1. The lowest BCUT2D eigenvalue weighted by molar-refractivity contribution is 0.112. The number of nitrogens with zero attached hydrogens (tertiary/aromatic N) is 2. The summed E-state index contributed by atoms with van der Waals surface area (Å²) in [4.78, 5) is 11.2. The maximum atomic E-state index is 14.2. The smallest absolute Gasteiger partial charge is 0.150 e. The SMILES string of the molecule is CCc1cc(C=O)c(C)c2cc(-c3ccc(Br)cc3F)nn12. The lowest BCUT2D eigenvalue weighted by Crippen LogP contribution is -2.02. The maximum absolute atomic E-state index is 14.2. The second-order valence-electron chi connectivity index (χ2n) is 5.14. The molecule has 0 N–H and O–H groups in total. The number of carbonyl (C=O) groups is 1. The van der Waals surface area contributed by atoms with Crippen LogP contribution in [0.1, 0.15) is 28.5 Å². The summed E-state index contributed by atoms with van der Waals surface area (Å²) >= 11 is 3.25. The molecule has 0 aliphatic rings. The topological polar surface area (TPSA) is 34.4 Å². The summed E-state index contributed by atoms with van der Waals surface area (Å²) in [6.45, 7) is 3.88. The van der Waals surface area contributed by atoms with Gasteiger partial charge in [-0.15, -0.1) is 0 Å². The number of aldehydes is 1. The van der Waals surface area contributed by atoms with Gasteiger partial charge in [0.05, 0.1) is 11.2 Å². The largest absolute Gasteiger partial charge is 0.298 e. The Hall–Kier alpha value is -2.01. The Morgan fingerprint density at radius 2 is 2.09 bits per heavy atom. The summed E-state index contributed by atoms with van der Waals surface area (Å²) in [6, 6.07) is 8.57. The van der Waals surface area contributed by atoms with Gasteiger partial charge in [0.1, 0.15) is 12.1 Å². The van der Waals surface area contributed by atoms with E-state index in [-0.39, 0.29) is 5.82 Å². The Morgan fingerprint density at radius 3 is 2.73 bits per heavy atom. The Labute approximate surface area is 135 Å². The fourth-order valence-corrected chi connectivity index (χ4v) is 2.90. The van der Waals surface area contributed by atoms with Gasteiger partial charge in [-0.05, 0) is 49.2 Å². The van der Waals surface area contributed by atoms with E-state index < -0.39 is 0 Å². The molecule has 2 aromatic heterocycles. The molecule has 3 aromatic rings. The van der Waals surface area contributed by atoms with Crippen LogP contribution in [0.3, 0.4) is 0 Å². The summed E-state index contributed by atoms with van der Waals surface area (Å²) in [5.74, 6) is -0.330. The van der Waals surface area contributed by atoms with Gasteiger partial charge in [-0.2, -0.15) is 5.10 Å². The van der Waals surface area contributed by atoms with Crippen LogP contribution in [0.5, 0.6) is 0 Å². The van der Waals surface area contributed by atoms with Crippen LogP contribution < -0.4 is 0 Å². The fourth-order valence-electron chi connectivity index (χ4n) is 2.57. The molecule has 0 amide bonds. The van der Waals surface area contributed by atoms with Crippen molar-refractivity contribution in [1.29, 1.82) is 0 Å². The van der Waals surface area contributed by atoms with E-state index in [0.29, 0.717) is 21.3 Å². The highest BCUT2D eigenvalue weighted by molar-refractivity contribution is 9.10. The molecule has 0 atom stereocenters. The molecule has 22 heavy (non-hydrogen) atoms. The third-order valence-corrected chi connectivity index (χ3v) is 4.31. The quantitative estimate of drug-likeness (QED) is 0.640. The van der Waals surface area contributed by atoms with Crippen molar-refractivity contribution in [3.05, 3.63) is 57.4 Å². The number of pyridine rings is 1. The molecule has 0 saturated heterocycles. The Balaban J connectivity index is 2.29. The van der Waals surface area contributed by atoms with Gasteiger partial charge >= 0.3 is 0 Å². The second kappa shape index (κ2) is 5.65. The minimum Gasteiger partial charge on any atom is -0.298 e. The Morgan fingerprint density at radius 1 is 1.32 bits per heavy atom. The Bertz CT molecular complexity index is 886. The predicted molar refractivity (Wildman–Crippen MR) is 87.8 cm³/mol. The van der Waals surface area contributed by atoms with Crippen LogP contribution in [0.15, 0.2) is 34.8 Å². The summed E-state index contributed by atoms with van der Waals surface area (Å²) in [5, 5.41) is 4.53. The van der Waals surface area contributed by atoms with Crippen molar-refractivity contribution in [3.8, 4) is 11.3 Å². The third-order valence-electron chi connectivity index (χ3n) is 3.82. The van der Waals surface area contributed by atoms with Crippen molar-refractivity contribution in [2.24, 2.45) is 0 Å². The average molecular weight is 361 g/mol. The first-order chi connectivity index (χ1) is 10.5. The number of halogens is 2. The lowest BCUT2D eigenvalue weighted by atomic mass is 10.1. The van der Waals surface area contributed by atoms with Crippen molar-refractivity contribution in [2.45, 2.75) is 20.3 Å². The average Bonchev–Trinajstić information content (AvgIpc) is 2.93. The van der Waals surface area contributed by atoms with Crippen molar-refractivity contribution >= 4 is 27.7 Å². The molecular weight excluding hydrogens is 347 g/mol. The molecule has 0 saturated carbocycles. The van der Waals surface area contributed by atoms with Gasteiger partial charge in [0.25, 0.3) is 0 Å². The molecule has 0 spiro atoms. The normalized spacial score (nSPS) is 11.1. The predicted octanol–water partition coefficient (Wildman–Crippen LogP) is 4.59. The van der Waals surface area contributed by atoms with Gasteiger partial charge in [-0.1, -0.05) is 22.9 Å². The maximum Gasteiger partial charge on any atom is 0.150 e. The van der Waals surface area contributed by atoms with Gasteiger partial charge in [0.15, 0.2) is 0 Å². The van der Waals surface area contributed by atoms with E-state index in [9.17, 15) is 9.18 Å². The third kappa shape index (κ3) is 2.35. The minimum atomic E-state index is -0.330. The van der Waals surface area contributed by atoms with Gasteiger partial charge in [-0.25, -0.2) is 8.91 Å². The number of fused-ring (bicyclic) bond motifs is 1.